The molecule has 0 atom stereocenters. The molecule has 1 aromatic heterocycles. The highest BCUT2D eigenvalue weighted by Crippen LogP contribution is 2.23. The number of fused-ring (bicyclic) bond motifs is 1. The third kappa shape index (κ3) is 8.09. The molecule has 0 aliphatic heterocycles. The average Bonchev–Trinajstić information content (AvgIpc) is 3.04. The van der Waals surface area contributed by atoms with E-state index < -0.39 is 18.9 Å². The lowest BCUT2D eigenvalue weighted by Crippen LogP contribution is -2.17. The third-order valence-corrected chi connectivity index (χ3v) is 4.84. The summed E-state index contributed by atoms with van der Waals surface area (Å²) in [6.45, 7) is 2.02. The second kappa shape index (κ2) is 11.9. The highest BCUT2D eigenvalue weighted by molar-refractivity contribution is 6.04. The van der Waals surface area contributed by atoms with Gasteiger partial charge in [0.1, 0.15) is 0 Å². The Morgan fingerprint density at radius 1 is 0.966 bits per heavy atom. The first-order chi connectivity index (χ1) is 13.9. The van der Waals surface area contributed by atoms with Crippen LogP contribution in [-0.2, 0) is 16.0 Å². The maximum atomic E-state index is 12.5. The minimum absolute atomic E-state index is 0.00860. The predicted molar refractivity (Wildman–Crippen MR) is 107 cm³/mol. The van der Waals surface area contributed by atoms with Gasteiger partial charge in [-0.25, -0.2) is 4.79 Å². The SMILES string of the molecule is CCCCCCCCCCOC(=O)c1cn(CCOC(F)(F)F)c2ccccc12. The number of aromatic nitrogens is 1. The number of nitrogens with zero attached hydrogens (tertiary/aromatic N) is 1. The molecule has 0 fully saturated rings. The van der Waals surface area contributed by atoms with Crippen LogP contribution in [0.3, 0.4) is 0 Å². The molecular formula is C22H30F3NO3. The normalized spacial score (nSPS) is 11.9. The molecule has 29 heavy (non-hydrogen) atoms. The number of para-hydroxylation sites is 1. The topological polar surface area (TPSA) is 40.5 Å². The monoisotopic (exact) mass is 413 g/mol. The van der Waals surface area contributed by atoms with Gasteiger partial charge >= 0.3 is 12.3 Å². The molecule has 0 bridgehead atoms. The van der Waals surface area contributed by atoms with E-state index in [1.54, 1.807) is 35.0 Å². The summed E-state index contributed by atoms with van der Waals surface area (Å²) in [5.41, 5.74) is 1.05. The summed E-state index contributed by atoms with van der Waals surface area (Å²) in [4.78, 5) is 12.5. The van der Waals surface area contributed by atoms with E-state index in [1.807, 2.05) is 0 Å². The van der Waals surface area contributed by atoms with Gasteiger partial charge in [-0.15, -0.1) is 13.2 Å². The number of unbranched alkanes of at least 4 members (excludes halogenated alkanes) is 7. The van der Waals surface area contributed by atoms with Crippen LogP contribution in [0.15, 0.2) is 30.5 Å². The number of hydrogen-bond donors (Lipinski definition) is 0. The van der Waals surface area contributed by atoms with Crippen molar-refractivity contribution in [2.75, 3.05) is 13.2 Å². The largest absolute Gasteiger partial charge is 0.522 e. The van der Waals surface area contributed by atoms with Gasteiger partial charge in [-0.3, -0.25) is 4.74 Å². The average molecular weight is 413 g/mol. The first-order valence-electron chi connectivity index (χ1n) is 10.4. The molecule has 2 aromatic rings. The van der Waals surface area contributed by atoms with Crippen LogP contribution in [0.2, 0.25) is 0 Å². The Morgan fingerprint density at radius 3 is 2.31 bits per heavy atom. The van der Waals surface area contributed by atoms with Crippen LogP contribution in [0.5, 0.6) is 0 Å². The zero-order valence-corrected chi connectivity index (χ0v) is 17.0. The van der Waals surface area contributed by atoms with Gasteiger partial charge in [0.2, 0.25) is 0 Å². The zero-order chi connectivity index (χ0) is 21.1. The number of esters is 1. The molecule has 7 heteroatoms. The van der Waals surface area contributed by atoms with E-state index in [0.29, 0.717) is 23.1 Å². The quantitative estimate of drug-likeness (QED) is 0.279. The molecule has 1 heterocycles. The summed E-state index contributed by atoms with van der Waals surface area (Å²) in [6.07, 6.45) is 6.12. The van der Waals surface area contributed by atoms with Crippen LogP contribution in [-0.4, -0.2) is 30.1 Å². The lowest BCUT2D eigenvalue weighted by molar-refractivity contribution is -0.325. The maximum Gasteiger partial charge on any atom is 0.522 e. The van der Waals surface area contributed by atoms with Crippen LogP contribution >= 0.6 is 0 Å². The smallest absolute Gasteiger partial charge is 0.462 e. The van der Waals surface area contributed by atoms with Crippen molar-refractivity contribution < 1.29 is 27.4 Å². The van der Waals surface area contributed by atoms with Gasteiger partial charge in [0.25, 0.3) is 0 Å². The summed E-state index contributed by atoms with van der Waals surface area (Å²) < 4.78 is 47.4. The molecule has 0 spiro atoms. The number of hydrogen-bond acceptors (Lipinski definition) is 3. The van der Waals surface area contributed by atoms with Gasteiger partial charge in [0.15, 0.2) is 0 Å². The Balaban J connectivity index is 1.83. The van der Waals surface area contributed by atoms with Crippen molar-refractivity contribution in [1.82, 2.24) is 4.57 Å². The van der Waals surface area contributed by atoms with Crippen molar-refractivity contribution in [3.63, 3.8) is 0 Å². The minimum Gasteiger partial charge on any atom is -0.462 e. The number of rotatable bonds is 13. The standard InChI is InChI=1S/C22H30F3NO3/c1-2-3-4-5-6-7-8-11-15-28-21(27)19-17-26(14-16-29-22(23,24)25)20-13-10-9-12-18(19)20/h9-10,12-13,17H,2-8,11,14-16H2,1H3. The molecule has 0 amide bonds. The summed E-state index contributed by atoms with van der Waals surface area (Å²) in [6, 6.07) is 7.09. The fourth-order valence-corrected chi connectivity index (χ4v) is 3.33. The first kappa shape index (κ1) is 23.3. The van der Waals surface area contributed by atoms with Crippen LogP contribution in [0, 0.1) is 0 Å². The van der Waals surface area contributed by atoms with E-state index in [-0.39, 0.29) is 6.54 Å². The second-order valence-corrected chi connectivity index (χ2v) is 7.16. The van der Waals surface area contributed by atoms with Crippen LogP contribution < -0.4 is 0 Å². The molecule has 0 saturated carbocycles. The second-order valence-electron chi connectivity index (χ2n) is 7.16. The van der Waals surface area contributed by atoms with Crippen molar-refractivity contribution in [2.24, 2.45) is 0 Å². The third-order valence-electron chi connectivity index (χ3n) is 4.84. The van der Waals surface area contributed by atoms with Gasteiger partial charge < -0.3 is 9.30 Å². The van der Waals surface area contributed by atoms with Gasteiger partial charge in [-0.05, 0) is 12.5 Å². The molecule has 0 radical (unpaired) electrons. The Hall–Kier alpha value is -2.02. The van der Waals surface area contributed by atoms with Gasteiger partial charge in [-0.1, -0.05) is 70.1 Å². The van der Waals surface area contributed by atoms with E-state index >= 15 is 0 Å². The fraction of sp³-hybridized carbons (Fsp3) is 0.591. The van der Waals surface area contributed by atoms with E-state index in [9.17, 15) is 18.0 Å². The number of ether oxygens (including phenoxy) is 2. The number of carbonyl (C=O) groups is 1. The Bertz CT molecular complexity index is 755. The molecule has 162 valence electrons. The van der Waals surface area contributed by atoms with Crippen molar-refractivity contribution in [3.8, 4) is 0 Å². The molecule has 2 rings (SSSR count). The Morgan fingerprint density at radius 2 is 1.62 bits per heavy atom. The van der Waals surface area contributed by atoms with Crippen molar-refractivity contribution in [3.05, 3.63) is 36.0 Å². The molecule has 0 N–H and O–H groups in total. The molecule has 0 aliphatic carbocycles. The van der Waals surface area contributed by atoms with Crippen LogP contribution in [0.1, 0.15) is 68.6 Å². The molecule has 4 nitrogen and oxygen atoms in total. The summed E-state index contributed by atoms with van der Waals surface area (Å²) in [7, 11) is 0. The minimum atomic E-state index is -4.67. The number of alkyl halides is 3. The molecule has 1 aromatic carbocycles. The number of carbonyl (C=O) groups excluding carboxylic acids is 1. The Labute approximate surface area is 170 Å². The highest BCUT2D eigenvalue weighted by Gasteiger charge is 2.28. The number of benzene rings is 1. The van der Waals surface area contributed by atoms with Crippen molar-refractivity contribution >= 4 is 16.9 Å². The Kier molecular flexibility index (Phi) is 9.51. The van der Waals surface area contributed by atoms with E-state index in [2.05, 4.69) is 11.7 Å². The number of halogens is 3. The summed E-state index contributed by atoms with van der Waals surface area (Å²) in [5, 5.41) is 0.667. The lowest BCUT2D eigenvalue weighted by atomic mass is 10.1. The maximum absolute atomic E-state index is 12.5. The molecule has 0 unspecified atom stereocenters. The van der Waals surface area contributed by atoms with Crippen molar-refractivity contribution in [2.45, 2.75) is 71.2 Å². The van der Waals surface area contributed by atoms with Crippen molar-refractivity contribution in [1.29, 1.82) is 0 Å². The van der Waals surface area contributed by atoms with Gasteiger partial charge in [-0.2, -0.15) is 0 Å². The summed E-state index contributed by atoms with van der Waals surface area (Å²) in [5.74, 6) is -0.445. The zero-order valence-electron chi connectivity index (χ0n) is 17.0. The van der Waals surface area contributed by atoms with E-state index in [4.69, 9.17) is 4.74 Å². The van der Waals surface area contributed by atoms with Gasteiger partial charge in [0, 0.05) is 23.6 Å². The lowest BCUT2D eigenvalue weighted by Gasteiger charge is -2.08. The van der Waals surface area contributed by atoms with Crippen LogP contribution in [0.4, 0.5) is 13.2 Å². The van der Waals surface area contributed by atoms with Gasteiger partial charge in [0.05, 0.1) is 18.8 Å². The highest BCUT2D eigenvalue weighted by atomic mass is 19.4. The molecule has 0 saturated heterocycles. The molecular weight excluding hydrogens is 383 g/mol. The van der Waals surface area contributed by atoms with E-state index in [1.165, 1.54) is 32.1 Å². The molecule has 0 aliphatic rings. The van der Waals surface area contributed by atoms with E-state index in [0.717, 1.165) is 19.3 Å². The summed E-state index contributed by atoms with van der Waals surface area (Å²) >= 11 is 0. The predicted octanol–water partition coefficient (Wildman–Crippen LogP) is 6.48. The van der Waals surface area contributed by atoms with Crippen LogP contribution in [0.25, 0.3) is 10.9 Å². The fourth-order valence-electron chi connectivity index (χ4n) is 3.33. The first-order valence-corrected chi connectivity index (χ1v) is 10.4.